The second-order valence-electron chi connectivity index (χ2n) is 2.58. The van der Waals surface area contributed by atoms with Crippen LogP contribution in [-0.2, 0) is 14.4 Å². The molecule has 0 aromatic carbocycles. The lowest BCUT2D eigenvalue weighted by atomic mass is 10.1. The molecule has 0 amide bonds. The number of hydrogen-bond acceptors (Lipinski definition) is 4. The van der Waals surface area contributed by atoms with Crippen LogP contribution in [0.15, 0.2) is 0 Å². The summed E-state index contributed by atoms with van der Waals surface area (Å²) in [7, 11) is 0. The van der Waals surface area contributed by atoms with Crippen molar-refractivity contribution in [3.05, 3.63) is 0 Å². The Morgan fingerprint density at radius 2 is 1.64 bits per heavy atom. The summed E-state index contributed by atoms with van der Waals surface area (Å²) in [6.45, 7) is 0. The van der Waals surface area contributed by atoms with E-state index in [1.165, 1.54) is 0 Å². The van der Waals surface area contributed by atoms with Crippen LogP contribution in [0, 0.1) is 0 Å². The van der Waals surface area contributed by atoms with Crippen molar-refractivity contribution >= 4 is 31.2 Å². The van der Waals surface area contributed by atoms with Gasteiger partial charge >= 0.3 is 11.9 Å². The molecule has 0 saturated heterocycles. The molecule has 0 aliphatic rings. The summed E-state index contributed by atoms with van der Waals surface area (Å²) < 4.78 is 0. The van der Waals surface area contributed by atoms with E-state index in [4.69, 9.17) is 15.9 Å². The Balaban J connectivity index is 0. The highest BCUT2D eigenvalue weighted by Crippen LogP contribution is 1.98. The first kappa shape index (κ1) is 15.4. The Kier molecular flexibility index (Phi) is 8.07. The van der Waals surface area contributed by atoms with Gasteiger partial charge in [-0.25, -0.2) is 0 Å². The number of carboxylic acids is 2. The number of hydrogen-bond donors (Lipinski definition) is 3. The van der Waals surface area contributed by atoms with Gasteiger partial charge in [0, 0.05) is 12.8 Å². The minimum Gasteiger partial charge on any atom is -0.481 e. The Morgan fingerprint density at radius 1 is 1.14 bits per heavy atom. The van der Waals surface area contributed by atoms with Crippen LogP contribution < -0.4 is 5.73 Å². The predicted octanol–water partition coefficient (Wildman–Crippen LogP) is -0.665. The molecule has 0 spiro atoms. The van der Waals surface area contributed by atoms with E-state index in [1.54, 1.807) is 0 Å². The molecule has 0 aliphatic carbocycles. The molecule has 0 fully saturated rings. The van der Waals surface area contributed by atoms with Gasteiger partial charge in [-0.05, 0) is 0 Å². The van der Waals surface area contributed by atoms with Crippen molar-refractivity contribution < 1.29 is 24.6 Å². The molecule has 0 aliphatic heterocycles. The summed E-state index contributed by atoms with van der Waals surface area (Å²) in [6.07, 6.45) is -0.774. The van der Waals surface area contributed by atoms with Gasteiger partial charge in [0.25, 0.3) is 0 Å². The van der Waals surface area contributed by atoms with E-state index in [9.17, 15) is 14.4 Å². The first-order valence-electron chi connectivity index (χ1n) is 3.65. The van der Waals surface area contributed by atoms with Gasteiger partial charge < -0.3 is 15.9 Å². The lowest BCUT2D eigenvalue weighted by Crippen LogP contribution is -2.32. The van der Waals surface area contributed by atoms with Crippen molar-refractivity contribution in [2.75, 3.05) is 0 Å². The summed E-state index contributed by atoms with van der Waals surface area (Å²) in [4.78, 5) is 31.1. The number of aliphatic carboxylic acids is 2. The fourth-order valence-corrected chi connectivity index (χ4v) is 0.681. The zero-order chi connectivity index (χ0) is 10.4. The molecule has 0 aromatic heterocycles. The van der Waals surface area contributed by atoms with Gasteiger partial charge in [-0.3, -0.25) is 14.4 Å². The molecule has 7 heteroatoms. The fraction of sp³-hybridized carbons (Fsp3) is 0.571. The maximum absolute atomic E-state index is 10.9. The first-order chi connectivity index (χ1) is 5.93. The van der Waals surface area contributed by atoms with E-state index in [2.05, 4.69) is 0 Å². The summed E-state index contributed by atoms with van der Waals surface area (Å²) in [5.74, 6) is -2.79. The van der Waals surface area contributed by atoms with Gasteiger partial charge in [0.15, 0.2) is 0 Å². The van der Waals surface area contributed by atoms with Crippen LogP contribution in [0.2, 0.25) is 0 Å². The standard InChI is InChI=1S/C7H11NO5.H2S/c8-5(7(12)13)3-4(9)1-2-6(10)11;/h5H,1-3,8H2,(H,10,11)(H,12,13);1H2/t5-;/m0./s1. The second kappa shape index (κ2) is 7.34. The van der Waals surface area contributed by atoms with Gasteiger partial charge in [-0.1, -0.05) is 0 Å². The monoisotopic (exact) mass is 223 g/mol. The van der Waals surface area contributed by atoms with Crippen LogP contribution in [0.3, 0.4) is 0 Å². The van der Waals surface area contributed by atoms with Crippen molar-refractivity contribution in [3.63, 3.8) is 0 Å². The van der Waals surface area contributed by atoms with Gasteiger partial charge in [-0.15, -0.1) is 0 Å². The van der Waals surface area contributed by atoms with E-state index in [0.29, 0.717) is 0 Å². The van der Waals surface area contributed by atoms with Crippen molar-refractivity contribution in [2.24, 2.45) is 5.73 Å². The molecule has 0 unspecified atom stereocenters. The molecule has 6 nitrogen and oxygen atoms in total. The molecule has 4 N–H and O–H groups in total. The average molecular weight is 223 g/mol. The molecular formula is C7H13NO5S. The van der Waals surface area contributed by atoms with E-state index in [0.717, 1.165) is 0 Å². The minimum atomic E-state index is -1.26. The summed E-state index contributed by atoms with van der Waals surface area (Å²) in [6, 6.07) is -1.23. The Bertz CT molecular complexity index is 230. The fourth-order valence-electron chi connectivity index (χ4n) is 0.681. The highest BCUT2D eigenvalue weighted by Gasteiger charge is 2.16. The number of ketones is 1. The third kappa shape index (κ3) is 7.56. The Hall–Kier alpha value is -1.08. The molecule has 0 radical (unpaired) electrons. The van der Waals surface area contributed by atoms with E-state index in [-0.39, 0.29) is 32.8 Å². The smallest absolute Gasteiger partial charge is 0.320 e. The largest absolute Gasteiger partial charge is 0.481 e. The van der Waals surface area contributed by atoms with Crippen LogP contribution in [0.4, 0.5) is 0 Å². The van der Waals surface area contributed by atoms with Gasteiger partial charge in [0.2, 0.25) is 0 Å². The summed E-state index contributed by atoms with van der Waals surface area (Å²) in [5.41, 5.74) is 5.06. The van der Waals surface area contributed by atoms with Crippen LogP contribution in [0.25, 0.3) is 0 Å². The molecule has 0 heterocycles. The SMILES string of the molecule is N[C@@H](CC(=O)CCC(=O)O)C(=O)O.S. The zero-order valence-electron chi connectivity index (χ0n) is 7.40. The van der Waals surface area contributed by atoms with Gasteiger partial charge in [0.05, 0.1) is 6.42 Å². The van der Waals surface area contributed by atoms with Crippen LogP contribution in [0.5, 0.6) is 0 Å². The third-order valence-corrected chi connectivity index (χ3v) is 1.38. The lowest BCUT2D eigenvalue weighted by molar-refractivity contribution is -0.140. The van der Waals surface area contributed by atoms with Crippen LogP contribution >= 0.6 is 13.5 Å². The van der Waals surface area contributed by atoms with Crippen LogP contribution in [0.1, 0.15) is 19.3 Å². The molecule has 0 rings (SSSR count). The highest BCUT2D eigenvalue weighted by atomic mass is 32.1. The highest BCUT2D eigenvalue weighted by molar-refractivity contribution is 7.59. The molecule has 14 heavy (non-hydrogen) atoms. The van der Waals surface area contributed by atoms with Crippen molar-refractivity contribution in [2.45, 2.75) is 25.3 Å². The van der Waals surface area contributed by atoms with Gasteiger partial charge in [-0.2, -0.15) is 13.5 Å². The Labute approximate surface area is 87.5 Å². The number of carbonyl (C=O) groups excluding carboxylic acids is 1. The number of nitrogens with two attached hydrogens (primary N) is 1. The van der Waals surface area contributed by atoms with Crippen molar-refractivity contribution in [1.82, 2.24) is 0 Å². The van der Waals surface area contributed by atoms with Crippen LogP contribution in [-0.4, -0.2) is 34.0 Å². The molecule has 1 atom stereocenters. The molecule has 0 saturated carbocycles. The maximum Gasteiger partial charge on any atom is 0.320 e. The van der Waals surface area contributed by atoms with E-state index in [1.807, 2.05) is 0 Å². The Morgan fingerprint density at radius 3 is 2.00 bits per heavy atom. The molecule has 0 bridgehead atoms. The molecular weight excluding hydrogens is 210 g/mol. The third-order valence-electron chi connectivity index (χ3n) is 1.38. The first-order valence-corrected chi connectivity index (χ1v) is 3.65. The summed E-state index contributed by atoms with van der Waals surface area (Å²) in [5, 5.41) is 16.5. The zero-order valence-corrected chi connectivity index (χ0v) is 8.40. The van der Waals surface area contributed by atoms with Gasteiger partial charge in [0.1, 0.15) is 11.8 Å². The number of Topliss-reactive ketones (excluding diaryl/α,β-unsaturated/α-hetero) is 1. The quantitative estimate of drug-likeness (QED) is 0.550. The summed E-state index contributed by atoms with van der Waals surface area (Å²) >= 11 is 0. The number of rotatable bonds is 6. The lowest BCUT2D eigenvalue weighted by Gasteiger charge is -2.03. The molecule has 82 valence electrons. The van der Waals surface area contributed by atoms with Crippen molar-refractivity contribution in [1.29, 1.82) is 0 Å². The predicted molar refractivity (Wildman–Crippen MR) is 52.5 cm³/mol. The van der Waals surface area contributed by atoms with E-state index >= 15 is 0 Å². The maximum atomic E-state index is 10.9. The molecule has 0 aromatic rings. The number of carbonyl (C=O) groups is 3. The van der Waals surface area contributed by atoms with E-state index < -0.39 is 23.8 Å². The second-order valence-corrected chi connectivity index (χ2v) is 2.58. The minimum absolute atomic E-state index is 0. The van der Waals surface area contributed by atoms with Crippen molar-refractivity contribution in [3.8, 4) is 0 Å². The average Bonchev–Trinajstić information content (AvgIpc) is 2.00. The normalized spacial score (nSPS) is 11.2. The number of carboxylic acid groups (broad SMARTS) is 2. The topological polar surface area (TPSA) is 118 Å².